The quantitative estimate of drug-likeness (QED) is 0.555. The van der Waals surface area contributed by atoms with E-state index in [1.807, 2.05) is 27.7 Å². The number of hydrogen-bond donors (Lipinski definition) is 0. The summed E-state index contributed by atoms with van der Waals surface area (Å²) in [6, 6.07) is 0. The molecule has 0 N–H and O–H groups in total. The zero-order valence-corrected chi connectivity index (χ0v) is 11.6. The number of fused-ring (bicyclic) bond motifs is 1. The van der Waals surface area contributed by atoms with Gasteiger partial charge in [-0.3, -0.25) is 0 Å². The Labute approximate surface area is 107 Å². The molecule has 2 aliphatic carbocycles. The van der Waals surface area contributed by atoms with Gasteiger partial charge in [0, 0.05) is 10.8 Å². The summed E-state index contributed by atoms with van der Waals surface area (Å²) in [6.45, 7) is 7.95. The zero-order valence-electron chi connectivity index (χ0n) is 11.6. The predicted molar refractivity (Wildman–Crippen MR) is 65.6 cm³/mol. The molecule has 0 amide bonds. The van der Waals surface area contributed by atoms with Crippen LogP contribution in [0.4, 0.5) is 0 Å². The van der Waals surface area contributed by atoms with Crippen LogP contribution < -0.4 is 0 Å². The Morgan fingerprint density at radius 3 is 1.33 bits per heavy atom. The summed E-state index contributed by atoms with van der Waals surface area (Å²) in [5.74, 6) is -0.885. The Hall–Kier alpha value is -1.58. The number of rotatable bonds is 2. The second kappa shape index (κ2) is 3.46. The van der Waals surface area contributed by atoms with E-state index in [1.54, 1.807) is 0 Å². The Morgan fingerprint density at radius 1 is 0.833 bits per heavy atom. The SMILES string of the molecule is COC(=O)C1=C(C(=O)OC)[C@@]2(C)C(C)=C(C)[C@@]12C. The molecule has 2 rings (SSSR count). The molecule has 0 heterocycles. The van der Waals surface area contributed by atoms with Crippen molar-refractivity contribution in [3.05, 3.63) is 22.3 Å². The molecule has 0 fully saturated rings. The van der Waals surface area contributed by atoms with Crippen LogP contribution in [0.15, 0.2) is 22.3 Å². The minimum absolute atomic E-state index is 0.395. The van der Waals surface area contributed by atoms with Gasteiger partial charge >= 0.3 is 11.9 Å². The molecule has 0 saturated carbocycles. The summed E-state index contributed by atoms with van der Waals surface area (Å²) in [5.41, 5.74) is 2.38. The average molecular weight is 250 g/mol. The maximum atomic E-state index is 11.9. The van der Waals surface area contributed by atoms with Crippen molar-refractivity contribution in [2.75, 3.05) is 14.2 Å². The second-order valence-corrected chi connectivity index (χ2v) is 5.23. The minimum Gasteiger partial charge on any atom is -0.466 e. The molecule has 4 heteroatoms. The standard InChI is InChI=1S/C14H18O4/c1-7-8(2)14(4)10(12(16)18-6)9(11(15)17-5)13(7,14)3/h1-6H3/t13-,14+. The maximum Gasteiger partial charge on any atom is 0.335 e. The van der Waals surface area contributed by atoms with Crippen molar-refractivity contribution in [2.45, 2.75) is 27.7 Å². The van der Waals surface area contributed by atoms with E-state index in [2.05, 4.69) is 0 Å². The molecule has 0 saturated heterocycles. The lowest BCUT2D eigenvalue weighted by molar-refractivity contribution is -0.146. The summed E-state index contributed by atoms with van der Waals surface area (Å²) < 4.78 is 9.60. The number of methoxy groups -OCH3 is 2. The number of ether oxygens (including phenoxy) is 2. The van der Waals surface area contributed by atoms with E-state index >= 15 is 0 Å². The van der Waals surface area contributed by atoms with Gasteiger partial charge in [-0.1, -0.05) is 25.0 Å². The van der Waals surface area contributed by atoms with Gasteiger partial charge in [0.2, 0.25) is 0 Å². The Kier molecular flexibility index (Phi) is 2.48. The van der Waals surface area contributed by atoms with Crippen molar-refractivity contribution in [2.24, 2.45) is 10.8 Å². The molecule has 0 spiro atoms. The van der Waals surface area contributed by atoms with Crippen LogP contribution >= 0.6 is 0 Å². The number of carbonyl (C=O) groups is 2. The molecule has 4 nitrogen and oxygen atoms in total. The third-order valence-electron chi connectivity index (χ3n) is 5.09. The van der Waals surface area contributed by atoms with Gasteiger partial charge in [-0.2, -0.15) is 0 Å². The first kappa shape index (κ1) is 12.9. The lowest BCUT2D eigenvalue weighted by atomic mass is 9.35. The molecular formula is C14H18O4. The predicted octanol–water partition coefficient (Wildman–Crippen LogP) is 2.01. The Morgan fingerprint density at radius 2 is 1.11 bits per heavy atom. The molecular weight excluding hydrogens is 232 g/mol. The van der Waals surface area contributed by atoms with Crippen LogP contribution in [-0.2, 0) is 19.1 Å². The van der Waals surface area contributed by atoms with Crippen molar-refractivity contribution in [1.29, 1.82) is 0 Å². The van der Waals surface area contributed by atoms with E-state index in [0.717, 1.165) is 11.1 Å². The van der Waals surface area contributed by atoms with E-state index < -0.39 is 22.8 Å². The van der Waals surface area contributed by atoms with E-state index in [-0.39, 0.29) is 0 Å². The summed E-state index contributed by atoms with van der Waals surface area (Å²) >= 11 is 0. The zero-order chi connectivity index (χ0) is 13.9. The van der Waals surface area contributed by atoms with Crippen LogP contribution in [0.2, 0.25) is 0 Å². The van der Waals surface area contributed by atoms with E-state index in [0.29, 0.717) is 11.1 Å². The second-order valence-electron chi connectivity index (χ2n) is 5.23. The number of esters is 2. The summed E-state index contributed by atoms with van der Waals surface area (Å²) in [5, 5.41) is 0. The molecule has 0 bridgehead atoms. The molecule has 2 atom stereocenters. The monoisotopic (exact) mass is 250 g/mol. The molecule has 0 aromatic rings. The molecule has 0 unspecified atom stereocenters. The lowest BCUT2D eigenvalue weighted by Crippen LogP contribution is -2.62. The third-order valence-corrected chi connectivity index (χ3v) is 5.09. The van der Waals surface area contributed by atoms with Crippen molar-refractivity contribution >= 4 is 11.9 Å². The van der Waals surface area contributed by atoms with Gasteiger partial charge in [-0.25, -0.2) is 9.59 Å². The highest BCUT2D eigenvalue weighted by molar-refractivity contribution is 6.09. The van der Waals surface area contributed by atoms with Gasteiger partial charge in [0.15, 0.2) is 0 Å². The number of carbonyl (C=O) groups excluding carboxylic acids is 2. The first-order valence-electron chi connectivity index (χ1n) is 5.88. The Bertz CT molecular complexity index is 480. The van der Waals surface area contributed by atoms with E-state index in [9.17, 15) is 9.59 Å². The fraction of sp³-hybridized carbons (Fsp3) is 0.571. The first-order chi connectivity index (χ1) is 8.28. The lowest BCUT2D eigenvalue weighted by Gasteiger charge is -2.65. The van der Waals surface area contributed by atoms with Gasteiger partial charge in [0.05, 0.1) is 25.4 Å². The number of allylic oxidation sites excluding steroid dienone is 2. The molecule has 0 aromatic carbocycles. The normalized spacial score (nSPS) is 33.4. The van der Waals surface area contributed by atoms with Gasteiger partial charge < -0.3 is 9.47 Å². The first-order valence-corrected chi connectivity index (χ1v) is 5.88. The average Bonchev–Trinajstić information content (AvgIpc) is 2.39. The van der Waals surface area contributed by atoms with Crippen LogP contribution in [0.25, 0.3) is 0 Å². The van der Waals surface area contributed by atoms with E-state index in [4.69, 9.17) is 9.47 Å². The van der Waals surface area contributed by atoms with Gasteiger partial charge in [0.1, 0.15) is 0 Å². The fourth-order valence-electron chi connectivity index (χ4n) is 3.57. The highest BCUT2D eigenvalue weighted by atomic mass is 16.5. The fourth-order valence-corrected chi connectivity index (χ4v) is 3.57. The van der Waals surface area contributed by atoms with Crippen LogP contribution in [0.5, 0.6) is 0 Å². The summed E-state index contributed by atoms with van der Waals surface area (Å²) in [4.78, 5) is 23.8. The summed E-state index contributed by atoms with van der Waals surface area (Å²) in [7, 11) is 2.65. The van der Waals surface area contributed by atoms with Gasteiger partial charge in [-0.05, 0) is 13.8 Å². The van der Waals surface area contributed by atoms with Crippen LogP contribution in [0.1, 0.15) is 27.7 Å². The van der Waals surface area contributed by atoms with Crippen molar-refractivity contribution in [1.82, 2.24) is 0 Å². The van der Waals surface area contributed by atoms with Crippen LogP contribution in [-0.4, -0.2) is 26.2 Å². The molecule has 2 aliphatic rings. The highest BCUT2D eigenvalue weighted by Crippen LogP contribution is 2.75. The highest BCUT2D eigenvalue weighted by Gasteiger charge is 2.71. The summed E-state index contributed by atoms with van der Waals surface area (Å²) in [6.07, 6.45) is 0. The minimum atomic E-state index is -0.442. The number of hydrogen-bond acceptors (Lipinski definition) is 4. The van der Waals surface area contributed by atoms with Crippen molar-refractivity contribution < 1.29 is 19.1 Å². The molecule has 0 aromatic heterocycles. The van der Waals surface area contributed by atoms with Gasteiger partial charge in [0.25, 0.3) is 0 Å². The Balaban J connectivity index is 2.63. The van der Waals surface area contributed by atoms with Gasteiger partial charge in [-0.15, -0.1) is 0 Å². The molecule has 98 valence electrons. The molecule has 0 radical (unpaired) electrons. The maximum absolute atomic E-state index is 11.9. The van der Waals surface area contributed by atoms with Crippen LogP contribution in [0.3, 0.4) is 0 Å². The topological polar surface area (TPSA) is 52.6 Å². The molecule has 0 aliphatic heterocycles. The largest absolute Gasteiger partial charge is 0.466 e. The van der Waals surface area contributed by atoms with E-state index in [1.165, 1.54) is 14.2 Å². The van der Waals surface area contributed by atoms with Crippen LogP contribution in [0, 0.1) is 10.8 Å². The van der Waals surface area contributed by atoms with Crippen molar-refractivity contribution in [3.8, 4) is 0 Å². The molecule has 18 heavy (non-hydrogen) atoms. The van der Waals surface area contributed by atoms with Crippen molar-refractivity contribution in [3.63, 3.8) is 0 Å². The smallest absolute Gasteiger partial charge is 0.335 e. The third kappa shape index (κ3) is 0.982.